The molecule has 0 unspecified atom stereocenters. The molecule has 3 aromatic rings. The molecule has 0 aliphatic carbocycles. The third-order valence-corrected chi connectivity index (χ3v) is 4.77. The first-order valence-electron chi connectivity index (χ1n) is 10.1. The van der Waals surface area contributed by atoms with Gasteiger partial charge in [-0.05, 0) is 54.4 Å². The number of carbonyl (C=O) groups is 2. The number of hydrogen-bond donors (Lipinski definition) is 2. The number of nitrogens with one attached hydrogen (secondary N) is 2. The fourth-order valence-electron chi connectivity index (χ4n) is 3.16. The molecule has 2 N–H and O–H groups in total. The number of halogens is 1. The van der Waals surface area contributed by atoms with Gasteiger partial charge >= 0.3 is 0 Å². The second-order valence-corrected chi connectivity index (χ2v) is 6.94. The van der Waals surface area contributed by atoms with Crippen molar-refractivity contribution >= 4 is 23.2 Å². The maximum Gasteiger partial charge on any atom is 0.274 e. The molecule has 0 saturated heterocycles. The highest BCUT2D eigenvalue weighted by molar-refractivity contribution is 6.06. The summed E-state index contributed by atoms with van der Waals surface area (Å²) in [6.45, 7) is 0. The standard InChI is InChI=1S/C24H24FN3O5/c1-31-20-12-15(13-21(32-2)23(20)33-3)7-10-22(29)27-19-14-16(25)8-9-17(19)28-24(30)18-6-4-5-11-26-18/h4-6,8-9,11-14H,7,10H2,1-3H3,(H,27,29)(H,28,30). The molecule has 3 rings (SSSR count). The number of methoxy groups -OCH3 is 3. The van der Waals surface area contributed by atoms with Crippen molar-refractivity contribution in [2.75, 3.05) is 32.0 Å². The van der Waals surface area contributed by atoms with E-state index in [-0.39, 0.29) is 29.4 Å². The Hall–Kier alpha value is -4.14. The molecule has 172 valence electrons. The second kappa shape index (κ2) is 10.9. The number of aromatic nitrogens is 1. The van der Waals surface area contributed by atoms with Crippen LogP contribution in [0.2, 0.25) is 0 Å². The fourth-order valence-corrected chi connectivity index (χ4v) is 3.16. The van der Waals surface area contributed by atoms with Crippen molar-refractivity contribution < 1.29 is 28.2 Å². The minimum atomic E-state index is -0.550. The lowest BCUT2D eigenvalue weighted by Gasteiger charge is -2.15. The summed E-state index contributed by atoms with van der Waals surface area (Å²) in [5, 5.41) is 5.30. The van der Waals surface area contributed by atoms with Crippen LogP contribution in [-0.4, -0.2) is 38.1 Å². The van der Waals surface area contributed by atoms with Gasteiger partial charge in [0.2, 0.25) is 11.7 Å². The van der Waals surface area contributed by atoms with E-state index in [1.165, 1.54) is 39.7 Å². The fraction of sp³-hybridized carbons (Fsp3) is 0.208. The van der Waals surface area contributed by atoms with E-state index in [2.05, 4.69) is 15.6 Å². The molecule has 8 nitrogen and oxygen atoms in total. The van der Waals surface area contributed by atoms with Gasteiger partial charge in [-0.3, -0.25) is 14.6 Å². The first-order chi connectivity index (χ1) is 15.9. The van der Waals surface area contributed by atoms with Gasteiger partial charge in [0.15, 0.2) is 11.5 Å². The molecule has 0 saturated carbocycles. The molecular weight excluding hydrogens is 429 g/mol. The molecule has 1 heterocycles. The van der Waals surface area contributed by atoms with Crippen molar-refractivity contribution in [1.82, 2.24) is 4.98 Å². The number of anilines is 2. The summed E-state index contributed by atoms with van der Waals surface area (Å²) in [6, 6.07) is 12.2. The average Bonchev–Trinajstić information content (AvgIpc) is 2.84. The van der Waals surface area contributed by atoms with Crippen molar-refractivity contribution in [2.24, 2.45) is 0 Å². The smallest absolute Gasteiger partial charge is 0.274 e. The molecule has 33 heavy (non-hydrogen) atoms. The van der Waals surface area contributed by atoms with E-state index in [0.29, 0.717) is 23.7 Å². The maximum absolute atomic E-state index is 13.8. The Balaban J connectivity index is 1.71. The van der Waals surface area contributed by atoms with Gasteiger partial charge in [-0.1, -0.05) is 6.07 Å². The Morgan fingerprint density at radius 3 is 2.24 bits per heavy atom. The summed E-state index contributed by atoms with van der Waals surface area (Å²) in [5.41, 5.74) is 1.39. The lowest BCUT2D eigenvalue weighted by Crippen LogP contribution is -2.18. The zero-order chi connectivity index (χ0) is 23.8. The number of hydrogen-bond acceptors (Lipinski definition) is 6. The zero-order valence-corrected chi connectivity index (χ0v) is 18.5. The topological polar surface area (TPSA) is 98.8 Å². The molecule has 2 amide bonds. The van der Waals surface area contributed by atoms with Crippen LogP contribution in [0.4, 0.5) is 15.8 Å². The largest absolute Gasteiger partial charge is 0.493 e. The minimum Gasteiger partial charge on any atom is -0.493 e. The molecule has 0 fully saturated rings. The third-order valence-electron chi connectivity index (χ3n) is 4.77. The van der Waals surface area contributed by atoms with Crippen LogP contribution >= 0.6 is 0 Å². The maximum atomic E-state index is 13.8. The summed E-state index contributed by atoms with van der Waals surface area (Å²) in [7, 11) is 4.54. The summed E-state index contributed by atoms with van der Waals surface area (Å²) < 4.78 is 29.8. The number of rotatable bonds is 9. The summed E-state index contributed by atoms with van der Waals surface area (Å²) in [5.74, 6) is 0.0404. The Morgan fingerprint density at radius 2 is 1.64 bits per heavy atom. The van der Waals surface area contributed by atoms with E-state index in [1.54, 1.807) is 30.3 Å². The highest BCUT2D eigenvalue weighted by atomic mass is 19.1. The average molecular weight is 453 g/mol. The molecule has 0 aliphatic heterocycles. The van der Waals surface area contributed by atoms with E-state index in [1.807, 2.05) is 0 Å². The van der Waals surface area contributed by atoms with Crippen LogP contribution in [0, 0.1) is 5.82 Å². The minimum absolute atomic E-state index is 0.1000. The quantitative estimate of drug-likeness (QED) is 0.507. The first-order valence-corrected chi connectivity index (χ1v) is 10.1. The number of nitrogens with zero attached hydrogens (tertiary/aromatic N) is 1. The first kappa shape index (κ1) is 23.5. The SMILES string of the molecule is COc1cc(CCC(=O)Nc2cc(F)ccc2NC(=O)c2ccccn2)cc(OC)c1OC. The lowest BCUT2D eigenvalue weighted by atomic mass is 10.1. The van der Waals surface area contributed by atoms with Crippen LogP contribution < -0.4 is 24.8 Å². The zero-order valence-electron chi connectivity index (χ0n) is 18.5. The Bertz CT molecular complexity index is 1110. The molecule has 0 radical (unpaired) electrons. The number of carbonyl (C=O) groups excluding carboxylic acids is 2. The number of pyridine rings is 1. The van der Waals surface area contributed by atoms with Crippen molar-refractivity contribution in [3.8, 4) is 17.2 Å². The Kier molecular flexibility index (Phi) is 7.80. The van der Waals surface area contributed by atoms with Crippen LogP contribution in [0.3, 0.4) is 0 Å². The van der Waals surface area contributed by atoms with Gasteiger partial charge in [-0.25, -0.2) is 4.39 Å². The van der Waals surface area contributed by atoms with E-state index in [9.17, 15) is 14.0 Å². The number of amides is 2. The van der Waals surface area contributed by atoms with Crippen LogP contribution in [0.5, 0.6) is 17.2 Å². The van der Waals surface area contributed by atoms with Crippen molar-refractivity contribution in [3.63, 3.8) is 0 Å². The van der Waals surface area contributed by atoms with E-state index in [0.717, 1.165) is 11.6 Å². The predicted octanol–water partition coefficient (Wildman–Crippen LogP) is 4.07. The van der Waals surface area contributed by atoms with Gasteiger partial charge in [0.05, 0.1) is 32.7 Å². The molecular formula is C24H24FN3O5. The lowest BCUT2D eigenvalue weighted by molar-refractivity contribution is -0.116. The summed E-state index contributed by atoms with van der Waals surface area (Å²) in [6.07, 6.45) is 1.96. The van der Waals surface area contributed by atoms with Crippen molar-refractivity contribution in [2.45, 2.75) is 12.8 Å². The molecule has 9 heteroatoms. The number of ether oxygens (including phenoxy) is 3. The third kappa shape index (κ3) is 5.97. The molecule has 0 spiro atoms. The molecule has 1 aromatic heterocycles. The van der Waals surface area contributed by atoms with Crippen molar-refractivity contribution in [3.05, 3.63) is 71.8 Å². The van der Waals surface area contributed by atoms with Crippen LogP contribution in [0.1, 0.15) is 22.5 Å². The monoisotopic (exact) mass is 453 g/mol. The molecule has 0 bridgehead atoms. The van der Waals surface area contributed by atoms with Gasteiger partial charge in [0.1, 0.15) is 11.5 Å². The van der Waals surface area contributed by atoms with E-state index in [4.69, 9.17) is 14.2 Å². The number of aryl methyl sites for hydroxylation is 1. The Morgan fingerprint density at radius 1 is 0.909 bits per heavy atom. The van der Waals surface area contributed by atoms with E-state index < -0.39 is 11.7 Å². The van der Waals surface area contributed by atoms with Gasteiger partial charge in [0, 0.05) is 12.6 Å². The summed E-state index contributed by atoms with van der Waals surface area (Å²) in [4.78, 5) is 29.0. The number of benzene rings is 2. The van der Waals surface area contributed by atoms with Crippen LogP contribution in [-0.2, 0) is 11.2 Å². The molecule has 2 aromatic carbocycles. The Labute approximate surface area is 190 Å². The predicted molar refractivity (Wildman–Crippen MR) is 122 cm³/mol. The van der Waals surface area contributed by atoms with Crippen LogP contribution in [0.25, 0.3) is 0 Å². The second-order valence-electron chi connectivity index (χ2n) is 6.94. The van der Waals surface area contributed by atoms with Crippen molar-refractivity contribution in [1.29, 1.82) is 0 Å². The normalized spacial score (nSPS) is 10.3. The van der Waals surface area contributed by atoms with Gasteiger partial charge in [0.25, 0.3) is 5.91 Å². The summed E-state index contributed by atoms with van der Waals surface area (Å²) >= 11 is 0. The van der Waals surface area contributed by atoms with Gasteiger partial charge in [-0.2, -0.15) is 0 Å². The van der Waals surface area contributed by atoms with E-state index >= 15 is 0 Å². The highest BCUT2D eigenvalue weighted by Gasteiger charge is 2.16. The van der Waals surface area contributed by atoms with Gasteiger partial charge < -0.3 is 24.8 Å². The molecule has 0 aliphatic rings. The van der Waals surface area contributed by atoms with Gasteiger partial charge in [-0.15, -0.1) is 0 Å². The van der Waals surface area contributed by atoms with Crippen LogP contribution in [0.15, 0.2) is 54.7 Å². The molecule has 0 atom stereocenters. The highest BCUT2D eigenvalue weighted by Crippen LogP contribution is 2.38.